The van der Waals surface area contributed by atoms with Gasteiger partial charge in [0.25, 0.3) is 0 Å². The average Bonchev–Trinajstić information content (AvgIpc) is 3.04. The molecule has 1 aromatic carbocycles. The summed E-state index contributed by atoms with van der Waals surface area (Å²) in [7, 11) is 0. The first kappa shape index (κ1) is 13.3. The van der Waals surface area contributed by atoms with Crippen LogP contribution in [0.15, 0.2) is 58.4 Å². The van der Waals surface area contributed by atoms with Crippen molar-refractivity contribution in [1.82, 2.24) is 25.2 Å². The van der Waals surface area contributed by atoms with Crippen molar-refractivity contribution in [2.75, 3.05) is 0 Å². The number of aromatic nitrogens is 5. The van der Waals surface area contributed by atoms with Gasteiger partial charge in [0, 0.05) is 11.8 Å². The Morgan fingerprint density at radius 1 is 1.26 bits per heavy atom. The van der Waals surface area contributed by atoms with Gasteiger partial charge in [-0.3, -0.25) is 4.79 Å². The smallest absolute Gasteiger partial charge is 0.230 e. The fourth-order valence-corrected chi connectivity index (χ4v) is 2.49. The predicted molar refractivity (Wildman–Crippen MR) is 84.8 cm³/mol. The highest BCUT2D eigenvalue weighted by Gasteiger charge is 2.12. The molecule has 0 saturated heterocycles. The summed E-state index contributed by atoms with van der Waals surface area (Å²) in [6.45, 7) is 4.16. The molecule has 0 saturated carbocycles. The third kappa shape index (κ3) is 2.10. The van der Waals surface area contributed by atoms with E-state index in [4.69, 9.17) is 4.42 Å². The van der Waals surface area contributed by atoms with Gasteiger partial charge in [-0.2, -0.15) is 0 Å². The molecule has 4 aromatic rings. The molecule has 0 amide bonds. The molecule has 3 aromatic heterocycles. The zero-order valence-corrected chi connectivity index (χ0v) is 12.0. The zero-order valence-electron chi connectivity index (χ0n) is 12.0. The van der Waals surface area contributed by atoms with E-state index in [9.17, 15) is 4.79 Å². The number of benzene rings is 1. The molecule has 4 rings (SSSR count). The third-order valence-corrected chi connectivity index (χ3v) is 3.54. The van der Waals surface area contributed by atoms with Gasteiger partial charge in [-0.25, -0.2) is 9.67 Å². The second kappa shape index (κ2) is 5.13. The van der Waals surface area contributed by atoms with Gasteiger partial charge in [-0.05, 0) is 40.8 Å². The Morgan fingerprint density at radius 3 is 3.04 bits per heavy atom. The van der Waals surface area contributed by atoms with Crippen molar-refractivity contribution < 1.29 is 4.42 Å². The molecular weight excluding hydrogens is 294 g/mol. The van der Waals surface area contributed by atoms with Crippen LogP contribution in [0.25, 0.3) is 33.5 Å². The van der Waals surface area contributed by atoms with E-state index in [1.165, 1.54) is 0 Å². The number of rotatable bonds is 3. The number of nitrogens with zero attached hydrogens (tertiary/aromatic N) is 5. The number of allylic oxidation sites excluding steroid dienone is 1. The Bertz CT molecular complexity index is 1100. The lowest BCUT2D eigenvalue weighted by atomic mass is 10.1. The van der Waals surface area contributed by atoms with E-state index in [0.29, 0.717) is 34.4 Å². The number of tetrazole rings is 1. The summed E-state index contributed by atoms with van der Waals surface area (Å²) in [4.78, 5) is 16.7. The molecule has 23 heavy (non-hydrogen) atoms. The Hall–Kier alpha value is -3.35. The molecular formula is C16H11N5O2. The first-order valence-electron chi connectivity index (χ1n) is 6.97. The van der Waals surface area contributed by atoms with Gasteiger partial charge in [0.05, 0.1) is 17.3 Å². The molecule has 0 bridgehead atoms. The van der Waals surface area contributed by atoms with Crippen molar-refractivity contribution >= 4 is 22.1 Å². The maximum atomic E-state index is 12.6. The van der Waals surface area contributed by atoms with Gasteiger partial charge < -0.3 is 4.42 Å². The summed E-state index contributed by atoms with van der Waals surface area (Å²) >= 11 is 0. The molecule has 3 heterocycles. The van der Waals surface area contributed by atoms with Crippen LogP contribution in [0.3, 0.4) is 0 Å². The molecule has 0 aliphatic rings. The van der Waals surface area contributed by atoms with Crippen LogP contribution in [0.4, 0.5) is 0 Å². The van der Waals surface area contributed by atoms with E-state index >= 15 is 0 Å². The van der Waals surface area contributed by atoms with E-state index in [0.717, 1.165) is 5.56 Å². The van der Waals surface area contributed by atoms with Gasteiger partial charge >= 0.3 is 0 Å². The molecule has 112 valence electrons. The average molecular weight is 305 g/mol. The monoisotopic (exact) mass is 305 g/mol. The highest BCUT2D eigenvalue weighted by atomic mass is 16.3. The van der Waals surface area contributed by atoms with Crippen LogP contribution >= 0.6 is 0 Å². The minimum atomic E-state index is -0.126. The Morgan fingerprint density at radius 2 is 2.17 bits per heavy atom. The highest BCUT2D eigenvalue weighted by molar-refractivity contribution is 5.90. The molecule has 0 aliphatic heterocycles. The number of pyridine rings is 1. The van der Waals surface area contributed by atoms with Crippen LogP contribution in [0.1, 0.15) is 0 Å². The van der Waals surface area contributed by atoms with Crippen LogP contribution in [0.5, 0.6) is 0 Å². The lowest BCUT2D eigenvalue weighted by Gasteiger charge is -2.04. The topological polar surface area (TPSA) is 86.7 Å². The second-order valence-electron chi connectivity index (χ2n) is 4.97. The number of hydrogen-bond acceptors (Lipinski definition) is 6. The molecule has 0 N–H and O–H groups in total. The minimum absolute atomic E-state index is 0.126. The Kier molecular flexibility index (Phi) is 2.97. The SMILES string of the molecule is C=CCn1nnnc1-c1ccc2oc3ncccc3c(=O)c2c1. The van der Waals surface area contributed by atoms with Gasteiger partial charge in [0.15, 0.2) is 5.82 Å². The summed E-state index contributed by atoms with van der Waals surface area (Å²) < 4.78 is 7.30. The van der Waals surface area contributed by atoms with Crippen molar-refractivity contribution in [2.45, 2.75) is 6.54 Å². The molecule has 0 atom stereocenters. The van der Waals surface area contributed by atoms with E-state index in [-0.39, 0.29) is 5.43 Å². The van der Waals surface area contributed by atoms with Gasteiger partial charge in [-0.15, -0.1) is 11.7 Å². The Labute approximate surface area is 129 Å². The summed E-state index contributed by atoms with van der Waals surface area (Å²) in [5, 5.41) is 12.5. The van der Waals surface area contributed by atoms with Crippen LogP contribution in [-0.4, -0.2) is 25.2 Å². The van der Waals surface area contributed by atoms with Crippen LogP contribution in [-0.2, 0) is 6.54 Å². The second-order valence-corrected chi connectivity index (χ2v) is 4.97. The molecule has 0 fully saturated rings. The standard InChI is InChI=1S/C16H11N5O2/c1-2-8-21-15(18-19-20-21)10-5-6-13-12(9-10)14(22)11-4-3-7-17-16(11)23-13/h2-7,9H,1,8H2. The molecule has 0 aliphatic carbocycles. The third-order valence-electron chi connectivity index (χ3n) is 3.54. The van der Waals surface area contributed by atoms with Crippen LogP contribution in [0.2, 0.25) is 0 Å². The minimum Gasteiger partial charge on any atom is -0.437 e. The van der Waals surface area contributed by atoms with Gasteiger partial charge in [0.1, 0.15) is 5.58 Å². The normalized spacial score (nSPS) is 11.1. The Balaban J connectivity index is 1.99. The van der Waals surface area contributed by atoms with Crippen molar-refractivity contribution in [3.8, 4) is 11.4 Å². The lowest BCUT2D eigenvalue weighted by Crippen LogP contribution is -2.04. The van der Waals surface area contributed by atoms with Gasteiger partial charge in [0.2, 0.25) is 11.1 Å². The maximum absolute atomic E-state index is 12.6. The molecule has 7 heteroatoms. The lowest BCUT2D eigenvalue weighted by molar-refractivity contribution is 0.644. The first-order chi connectivity index (χ1) is 11.3. The quantitative estimate of drug-likeness (QED) is 0.426. The van der Waals surface area contributed by atoms with E-state index in [1.807, 2.05) is 6.07 Å². The molecule has 0 spiro atoms. The van der Waals surface area contributed by atoms with Crippen LogP contribution < -0.4 is 5.43 Å². The summed E-state index contributed by atoms with van der Waals surface area (Å²) in [5.74, 6) is 0.567. The number of fused-ring (bicyclic) bond motifs is 2. The van der Waals surface area contributed by atoms with Crippen molar-refractivity contribution in [2.24, 2.45) is 0 Å². The highest BCUT2D eigenvalue weighted by Crippen LogP contribution is 2.23. The fourth-order valence-electron chi connectivity index (χ4n) is 2.49. The van der Waals surface area contributed by atoms with E-state index in [1.54, 1.807) is 41.2 Å². The maximum Gasteiger partial charge on any atom is 0.230 e. The fraction of sp³-hybridized carbons (Fsp3) is 0.0625. The summed E-state index contributed by atoms with van der Waals surface area (Å²) in [5.41, 5.74) is 1.42. The van der Waals surface area contributed by atoms with Crippen molar-refractivity contribution in [1.29, 1.82) is 0 Å². The van der Waals surface area contributed by atoms with Crippen LogP contribution in [0, 0.1) is 0 Å². The first-order valence-corrected chi connectivity index (χ1v) is 6.97. The molecule has 0 radical (unpaired) electrons. The molecule has 7 nitrogen and oxygen atoms in total. The van der Waals surface area contributed by atoms with Crippen molar-refractivity contribution in [3.63, 3.8) is 0 Å². The predicted octanol–water partition coefficient (Wildman–Crippen LogP) is 2.18. The summed E-state index contributed by atoms with van der Waals surface area (Å²) in [6, 6.07) is 8.68. The summed E-state index contributed by atoms with van der Waals surface area (Å²) in [6.07, 6.45) is 3.29. The zero-order chi connectivity index (χ0) is 15.8. The van der Waals surface area contributed by atoms with Crippen molar-refractivity contribution in [3.05, 3.63) is 59.4 Å². The van der Waals surface area contributed by atoms with E-state index in [2.05, 4.69) is 27.1 Å². The number of hydrogen-bond donors (Lipinski definition) is 0. The van der Waals surface area contributed by atoms with Gasteiger partial charge in [-0.1, -0.05) is 6.08 Å². The molecule has 0 unspecified atom stereocenters. The largest absolute Gasteiger partial charge is 0.437 e. The van der Waals surface area contributed by atoms with E-state index < -0.39 is 0 Å².